The summed E-state index contributed by atoms with van der Waals surface area (Å²) in [4.78, 5) is 0. The second-order valence-electron chi connectivity index (χ2n) is 4.63. The van der Waals surface area contributed by atoms with Gasteiger partial charge in [0.2, 0.25) is 0 Å². The molecule has 2 N–H and O–H groups in total. The van der Waals surface area contributed by atoms with Crippen LogP contribution in [0, 0.1) is 11.7 Å². The van der Waals surface area contributed by atoms with Crippen LogP contribution in [0.15, 0.2) is 18.2 Å². The van der Waals surface area contributed by atoms with Gasteiger partial charge in [0.15, 0.2) is 0 Å². The number of benzene rings is 1. The van der Waals surface area contributed by atoms with Crippen molar-refractivity contribution in [2.75, 3.05) is 0 Å². The van der Waals surface area contributed by atoms with Gasteiger partial charge in [-0.15, -0.1) is 0 Å². The normalized spacial score (nSPS) is 25.7. The number of hydrogen-bond acceptors (Lipinski definition) is 1. The van der Waals surface area contributed by atoms with Crippen LogP contribution in [0.25, 0.3) is 0 Å². The van der Waals surface area contributed by atoms with Crippen molar-refractivity contribution >= 4 is 11.6 Å². The molecule has 0 amide bonds. The fraction of sp³-hybridized carbons (Fsp3) is 0.538. The van der Waals surface area contributed by atoms with E-state index in [4.69, 9.17) is 17.3 Å². The minimum absolute atomic E-state index is 0.210. The molecular formula is C13H17ClFN. The third-order valence-corrected chi connectivity index (χ3v) is 3.77. The average molecular weight is 242 g/mol. The van der Waals surface area contributed by atoms with E-state index in [1.807, 2.05) is 6.07 Å². The molecule has 3 heteroatoms. The fourth-order valence-corrected chi connectivity index (χ4v) is 2.67. The van der Waals surface area contributed by atoms with E-state index in [0.717, 1.165) is 12.8 Å². The first-order valence-corrected chi connectivity index (χ1v) is 6.24. The molecule has 0 saturated heterocycles. The smallest absolute Gasteiger partial charge is 0.144 e. The molecule has 2 atom stereocenters. The highest BCUT2D eigenvalue weighted by Crippen LogP contribution is 2.28. The van der Waals surface area contributed by atoms with Gasteiger partial charge in [-0.25, -0.2) is 4.39 Å². The van der Waals surface area contributed by atoms with Gasteiger partial charge < -0.3 is 5.73 Å². The molecule has 0 spiro atoms. The lowest BCUT2D eigenvalue weighted by Crippen LogP contribution is -2.34. The predicted molar refractivity (Wildman–Crippen MR) is 65.0 cm³/mol. The summed E-state index contributed by atoms with van der Waals surface area (Å²) in [6.45, 7) is 0. The van der Waals surface area contributed by atoms with E-state index in [1.165, 1.54) is 12.8 Å². The van der Waals surface area contributed by atoms with E-state index in [0.29, 0.717) is 17.9 Å². The standard InChI is InChI=1S/C13H17ClFN/c14-11-6-3-5-10(13(11)15)8-9-4-1-2-7-12(9)16/h3,5-6,9,12H,1-2,4,7-8,16H2. The van der Waals surface area contributed by atoms with Crippen LogP contribution in [0.4, 0.5) is 4.39 Å². The molecule has 0 aromatic heterocycles. The summed E-state index contributed by atoms with van der Waals surface area (Å²) in [6.07, 6.45) is 5.30. The van der Waals surface area contributed by atoms with Crippen molar-refractivity contribution in [1.29, 1.82) is 0 Å². The maximum Gasteiger partial charge on any atom is 0.144 e. The highest BCUT2D eigenvalue weighted by atomic mass is 35.5. The van der Waals surface area contributed by atoms with Crippen LogP contribution in [-0.4, -0.2) is 6.04 Å². The topological polar surface area (TPSA) is 26.0 Å². The van der Waals surface area contributed by atoms with Crippen LogP contribution in [0.1, 0.15) is 31.2 Å². The molecule has 16 heavy (non-hydrogen) atoms. The quantitative estimate of drug-likeness (QED) is 0.842. The first-order valence-electron chi connectivity index (χ1n) is 5.87. The molecule has 2 rings (SSSR count). The number of nitrogens with two attached hydrogens (primary N) is 1. The second-order valence-corrected chi connectivity index (χ2v) is 5.03. The van der Waals surface area contributed by atoms with Crippen molar-refractivity contribution in [3.8, 4) is 0 Å². The van der Waals surface area contributed by atoms with Crippen molar-refractivity contribution in [2.45, 2.75) is 38.1 Å². The zero-order valence-corrected chi connectivity index (χ0v) is 10.0. The van der Waals surface area contributed by atoms with Crippen molar-refractivity contribution in [3.63, 3.8) is 0 Å². The summed E-state index contributed by atoms with van der Waals surface area (Å²) >= 11 is 5.76. The van der Waals surface area contributed by atoms with E-state index in [2.05, 4.69) is 0 Å². The van der Waals surface area contributed by atoms with Crippen molar-refractivity contribution in [1.82, 2.24) is 0 Å². The van der Waals surface area contributed by atoms with Gasteiger partial charge in [-0.1, -0.05) is 36.6 Å². The molecule has 1 fully saturated rings. The summed E-state index contributed by atoms with van der Waals surface area (Å²) < 4.78 is 13.7. The van der Waals surface area contributed by atoms with Gasteiger partial charge in [-0.2, -0.15) is 0 Å². The number of rotatable bonds is 2. The molecule has 1 nitrogen and oxygen atoms in total. The van der Waals surface area contributed by atoms with Gasteiger partial charge in [0, 0.05) is 6.04 Å². The highest BCUT2D eigenvalue weighted by Gasteiger charge is 2.23. The van der Waals surface area contributed by atoms with Gasteiger partial charge in [0.05, 0.1) is 5.02 Å². The van der Waals surface area contributed by atoms with Gasteiger partial charge in [0.1, 0.15) is 5.82 Å². The molecule has 2 unspecified atom stereocenters. The van der Waals surface area contributed by atoms with Gasteiger partial charge in [-0.3, -0.25) is 0 Å². The lowest BCUT2D eigenvalue weighted by molar-refractivity contribution is 0.304. The Morgan fingerprint density at radius 3 is 2.81 bits per heavy atom. The number of halogens is 2. The molecule has 1 aliphatic carbocycles. The summed E-state index contributed by atoms with van der Waals surface area (Å²) in [5, 5.41) is 0.210. The third-order valence-electron chi connectivity index (χ3n) is 3.48. The van der Waals surface area contributed by atoms with E-state index in [-0.39, 0.29) is 16.9 Å². The Balaban J connectivity index is 2.10. The lowest BCUT2D eigenvalue weighted by atomic mass is 9.81. The molecule has 1 aromatic carbocycles. The Kier molecular flexibility index (Phi) is 3.82. The predicted octanol–water partition coefficient (Wildman–Crippen LogP) is 3.54. The van der Waals surface area contributed by atoms with Gasteiger partial charge in [-0.05, 0) is 36.8 Å². The maximum atomic E-state index is 13.7. The van der Waals surface area contributed by atoms with E-state index in [1.54, 1.807) is 12.1 Å². The summed E-state index contributed by atoms with van der Waals surface area (Å²) in [5.41, 5.74) is 6.76. The van der Waals surface area contributed by atoms with Gasteiger partial charge in [0.25, 0.3) is 0 Å². The van der Waals surface area contributed by atoms with Crippen LogP contribution in [0.5, 0.6) is 0 Å². The molecule has 1 aliphatic rings. The Morgan fingerprint density at radius 1 is 1.31 bits per heavy atom. The lowest BCUT2D eigenvalue weighted by Gasteiger charge is -2.28. The molecule has 0 radical (unpaired) electrons. The Bertz CT molecular complexity index is 367. The van der Waals surface area contributed by atoms with Crippen LogP contribution < -0.4 is 5.73 Å². The minimum Gasteiger partial charge on any atom is -0.327 e. The highest BCUT2D eigenvalue weighted by molar-refractivity contribution is 6.30. The molecule has 0 heterocycles. The van der Waals surface area contributed by atoms with Crippen LogP contribution in [0.2, 0.25) is 5.02 Å². The Labute approximate surface area is 101 Å². The molecule has 0 bridgehead atoms. The third kappa shape index (κ3) is 2.55. The van der Waals surface area contributed by atoms with Crippen LogP contribution >= 0.6 is 11.6 Å². The monoisotopic (exact) mass is 241 g/mol. The minimum atomic E-state index is -0.276. The van der Waals surface area contributed by atoms with E-state index in [9.17, 15) is 4.39 Å². The van der Waals surface area contributed by atoms with Crippen molar-refractivity contribution < 1.29 is 4.39 Å². The Hall–Kier alpha value is -0.600. The average Bonchev–Trinajstić information content (AvgIpc) is 2.28. The molecule has 88 valence electrons. The SMILES string of the molecule is NC1CCCCC1Cc1cccc(Cl)c1F. The van der Waals surface area contributed by atoms with E-state index >= 15 is 0 Å². The fourth-order valence-electron chi connectivity index (χ4n) is 2.48. The summed E-state index contributed by atoms with van der Waals surface area (Å²) in [6, 6.07) is 5.41. The zero-order valence-electron chi connectivity index (χ0n) is 9.26. The molecule has 1 aromatic rings. The zero-order chi connectivity index (χ0) is 11.5. The molecular weight excluding hydrogens is 225 g/mol. The largest absolute Gasteiger partial charge is 0.327 e. The van der Waals surface area contributed by atoms with E-state index < -0.39 is 0 Å². The van der Waals surface area contributed by atoms with Gasteiger partial charge >= 0.3 is 0 Å². The molecule has 0 aliphatic heterocycles. The second kappa shape index (κ2) is 5.15. The number of hydrogen-bond donors (Lipinski definition) is 1. The van der Waals surface area contributed by atoms with Crippen LogP contribution in [-0.2, 0) is 6.42 Å². The maximum absolute atomic E-state index is 13.7. The van der Waals surface area contributed by atoms with Crippen molar-refractivity contribution in [2.24, 2.45) is 11.7 Å². The summed E-state index contributed by atoms with van der Waals surface area (Å²) in [5.74, 6) is 0.128. The van der Waals surface area contributed by atoms with Crippen molar-refractivity contribution in [3.05, 3.63) is 34.6 Å². The summed E-state index contributed by atoms with van der Waals surface area (Å²) in [7, 11) is 0. The van der Waals surface area contributed by atoms with Crippen LogP contribution in [0.3, 0.4) is 0 Å². The first-order chi connectivity index (χ1) is 7.68. The molecule has 1 saturated carbocycles. The Morgan fingerprint density at radius 2 is 2.06 bits per heavy atom. The first kappa shape index (κ1) is 11.9.